The van der Waals surface area contributed by atoms with Gasteiger partial charge < -0.3 is 0 Å². The Bertz CT molecular complexity index is 279. The van der Waals surface area contributed by atoms with E-state index in [0.29, 0.717) is 5.56 Å². The van der Waals surface area contributed by atoms with Crippen molar-refractivity contribution in [1.82, 2.24) is 0 Å². The van der Waals surface area contributed by atoms with Crippen LogP contribution in [-0.4, -0.2) is 0 Å². The van der Waals surface area contributed by atoms with Crippen LogP contribution < -0.4 is 0 Å². The van der Waals surface area contributed by atoms with Crippen LogP contribution in [-0.2, 0) is 0 Å². The van der Waals surface area contributed by atoms with Crippen LogP contribution in [0.25, 0.3) is 6.08 Å². The molecule has 11 heavy (non-hydrogen) atoms. The van der Waals surface area contributed by atoms with Crippen molar-refractivity contribution in [3.63, 3.8) is 0 Å². The van der Waals surface area contributed by atoms with Gasteiger partial charge in [0.15, 0.2) is 0 Å². The lowest BCUT2D eigenvalue weighted by Crippen LogP contribution is -1.80. The Morgan fingerprint density at radius 1 is 1.45 bits per heavy atom. The molecule has 0 N–H and O–H groups in total. The van der Waals surface area contributed by atoms with Gasteiger partial charge in [-0.2, -0.15) is 0 Å². The molecule has 0 unspecified atom stereocenters. The fourth-order valence-electron chi connectivity index (χ4n) is 0.822. The van der Waals surface area contributed by atoms with E-state index in [9.17, 15) is 4.39 Å². The average Bonchev–Trinajstić information content (AvgIpc) is 1.98. The third kappa shape index (κ3) is 2.15. The molecular formula is C9H8BrF. The zero-order valence-electron chi connectivity index (χ0n) is 6.14. The molecule has 0 fully saturated rings. The van der Waals surface area contributed by atoms with Gasteiger partial charge in [0.25, 0.3) is 0 Å². The first kappa shape index (κ1) is 8.47. The van der Waals surface area contributed by atoms with E-state index in [-0.39, 0.29) is 5.82 Å². The highest BCUT2D eigenvalue weighted by Gasteiger charge is 1.96. The molecule has 1 aromatic carbocycles. The molecule has 0 atom stereocenters. The topological polar surface area (TPSA) is 0 Å². The predicted octanol–water partition coefficient (Wildman–Crippen LogP) is 3.62. The van der Waals surface area contributed by atoms with Crippen molar-refractivity contribution < 1.29 is 4.39 Å². The summed E-state index contributed by atoms with van der Waals surface area (Å²) < 4.78 is 13.8. The molecule has 0 nitrogen and oxygen atoms in total. The normalized spacial score (nSPS) is 10.8. The molecule has 0 radical (unpaired) electrons. The minimum absolute atomic E-state index is 0.189. The molecule has 1 rings (SSSR count). The van der Waals surface area contributed by atoms with E-state index in [1.54, 1.807) is 18.2 Å². The Labute approximate surface area is 73.9 Å². The second-order valence-corrected chi connectivity index (χ2v) is 3.08. The van der Waals surface area contributed by atoms with Crippen molar-refractivity contribution in [2.45, 2.75) is 6.92 Å². The van der Waals surface area contributed by atoms with Crippen molar-refractivity contribution in [3.8, 4) is 0 Å². The van der Waals surface area contributed by atoms with Crippen molar-refractivity contribution in [1.29, 1.82) is 0 Å². The first-order valence-electron chi connectivity index (χ1n) is 3.32. The summed E-state index contributed by atoms with van der Waals surface area (Å²) in [5.41, 5.74) is 0.613. The number of halogens is 2. The molecule has 0 spiro atoms. The average molecular weight is 215 g/mol. The van der Waals surface area contributed by atoms with E-state index in [1.807, 2.05) is 13.0 Å². The maximum absolute atomic E-state index is 12.9. The van der Waals surface area contributed by atoms with Gasteiger partial charge in [-0.25, -0.2) is 4.39 Å². The third-order valence-corrected chi connectivity index (χ3v) is 1.80. The molecule has 0 aromatic heterocycles. The zero-order chi connectivity index (χ0) is 8.27. The summed E-state index contributed by atoms with van der Waals surface area (Å²) in [6.07, 6.45) is 3.55. The van der Waals surface area contributed by atoms with Gasteiger partial charge in [-0.1, -0.05) is 28.1 Å². The number of rotatable bonds is 1. The van der Waals surface area contributed by atoms with E-state index in [0.717, 1.165) is 4.47 Å². The fraction of sp³-hybridized carbons (Fsp3) is 0.111. The zero-order valence-corrected chi connectivity index (χ0v) is 7.73. The largest absolute Gasteiger partial charge is 0.206 e. The van der Waals surface area contributed by atoms with E-state index in [4.69, 9.17) is 0 Å². The van der Waals surface area contributed by atoms with Gasteiger partial charge in [0.1, 0.15) is 5.82 Å². The Morgan fingerprint density at radius 2 is 2.18 bits per heavy atom. The van der Waals surface area contributed by atoms with Gasteiger partial charge >= 0.3 is 0 Å². The van der Waals surface area contributed by atoms with Crippen LogP contribution in [0, 0.1) is 5.82 Å². The summed E-state index contributed by atoms with van der Waals surface area (Å²) >= 11 is 3.27. The smallest absolute Gasteiger partial charge is 0.130 e. The molecule has 0 aliphatic heterocycles. The summed E-state index contributed by atoms with van der Waals surface area (Å²) in [6.45, 7) is 1.86. The highest BCUT2D eigenvalue weighted by atomic mass is 79.9. The molecule has 2 heteroatoms. The van der Waals surface area contributed by atoms with Crippen molar-refractivity contribution >= 4 is 22.0 Å². The summed E-state index contributed by atoms with van der Waals surface area (Å²) in [6, 6.07) is 4.87. The van der Waals surface area contributed by atoms with Crippen LogP contribution in [0.5, 0.6) is 0 Å². The molecule has 58 valence electrons. The van der Waals surface area contributed by atoms with E-state index >= 15 is 0 Å². The lowest BCUT2D eigenvalue weighted by molar-refractivity contribution is 0.625. The standard InChI is InChI=1S/C9H8BrF/c1-2-3-7-6-8(10)4-5-9(7)11/h2-6H,1H3. The van der Waals surface area contributed by atoms with Crippen molar-refractivity contribution in [2.24, 2.45) is 0 Å². The van der Waals surface area contributed by atoms with Gasteiger partial charge in [-0.15, -0.1) is 0 Å². The van der Waals surface area contributed by atoms with Gasteiger partial charge in [0.2, 0.25) is 0 Å². The van der Waals surface area contributed by atoms with Crippen LogP contribution in [0.1, 0.15) is 12.5 Å². The highest BCUT2D eigenvalue weighted by molar-refractivity contribution is 9.10. The molecule has 0 saturated carbocycles. The Morgan fingerprint density at radius 3 is 2.82 bits per heavy atom. The maximum Gasteiger partial charge on any atom is 0.130 e. The molecule has 0 heterocycles. The molecule has 0 bridgehead atoms. The van der Waals surface area contributed by atoms with Gasteiger partial charge in [-0.05, 0) is 25.1 Å². The van der Waals surface area contributed by atoms with Crippen LogP contribution in [0.3, 0.4) is 0 Å². The first-order chi connectivity index (χ1) is 5.24. The van der Waals surface area contributed by atoms with Gasteiger partial charge in [-0.3, -0.25) is 0 Å². The van der Waals surface area contributed by atoms with Gasteiger partial charge in [0.05, 0.1) is 0 Å². The fourth-order valence-corrected chi connectivity index (χ4v) is 1.20. The second kappa shape index (κ2) is 3.67. The van der Waals surface area contributed by atoms with Crippen LogP contribution >= 0.6 is 15.9 Å². The Kier molecular flexibility index (Phi) is 2.83. The summed E-state index contributed by atoms with van der Waals surface area (Å²) in [4.78, 5) is 0. The third-order valence-electron chi connectivity index (χ3n) is 1.30. The lowest BCUT2D eigenvalue weighted by atomic mass is 10.2. The molecule has 0 saturated heterocycles. The quantitative estimate of drug-likeness (QED) is 0.671. The van der Waals surface area contributed by atoms with Crippen molar-refractivity contribution in [3.05, 3.63) is 40.1 Å². The maximum atomic E-state index is 12.9. The Hall–Kier alpha value is -0.630. The number of hydrogen-bond acceptors (Lipinski definition) is 0. The van der Waals surface area contributed by atoms with Crippen LogP contribution in [0.15, 0.2) is 28.7 Å². The first-order valence-corrected chi connectivity index (χ1v) is 4.11. The number of hydrogen-bond donors (Lipinski definition) is 0. The monoisotopic (exact) mass is 214 g/mol. The summed E-state index contributed by atoms with van der Waals surface area (Å²) in [5.74, 6) is -0.189. The van der Waals surface area contributed by atoms with Gasteiger partial charge in [0, 0.05) is 10.0 Å². The number of allylic oxidation sites excluding steroid dienone is 1. The molecule has 0 aliphatic rings. The molecule has 0 aliphatic carbocycles. The van der Waals surface area contributed by atoms with E-state index in [2.05, 4.69) is 15.9 Å². The molecule has 1 aromatic rings. The highest BCUT2D eigenvalue weighted by Crippen LogP contribution is 2.16. The predicted molar refractivity (Wildman–Crippen MR) is 48.8 cm³/mol. The van der Waals surface area contributed by atoms with Crippen LogP contribution in [0.4, 0.5) is 4.39 Å². The Balaban J connectivity index is 3.12. The lowest BCUT2D eigenvalue weighted by Gasteiger charge is -1.96. The molecule has 0 amide bonds. The van der Waals surface area contributed by atoms with Crippen LogP contribution in [0.2, 0.25) is 0 Å². The molecular weight excluding hydrogens is 207 g/mol. The number of benzene rings is 1. The SMILES string of the molecule is CC=Cc1cc(Br)ccc1F. The summed E-state index contributed by atoms with van der Waals surface area (Å²) in [7, 11) is 0. The minimum Gasteiger partial charge on any atom is -0.206 e. The minimum atomic E-state index is -0.189. The van der Waals surface area contributed by atoms with E-state index in [1.165, 1.54) is 6.07 Å². The van der Waals surface area contributed by atoms with Crippen molar-refractivity contribution in [2.75, 3.05) is 0 Å². The van der Waals surface area contributed by atoms with E-state index < -0.39 is 0 Å². The summed E-state index contributed by atoms with van der Waals surface area (Å²) in [5, 5.41) is 0. The second-order valence-electron chi connectivity index (χ2n) is 2.17.